The Morgan fingerprint density at radius 1 is 1.71 bits per heavy atom. The third-order valence-electron chi connectivity index (χ3n) is 2.44. The molecule has 0 aromatic rings. The fourth-order valence-corrected chi connectivity index (χ4v) is 1.68. The van der Waals surface area contributed by atoms with Crippen LogP contribution in [-0.2, 0) is 4.79 Å². The summed E-state index contributed by atoms with van der Waals surface area (Å²) in [7, 11) is 2.05. The van der Waals surface area contributed by atoms with Gasteiger partial charge in [0.1, 0.15) is 0 Å². The second-order valence-corrected chi connectivity index (χ2v) is 3.91. The van der Waals surface area contributed by atoms with Crippen LogP contribution < -0.4 is 5.32 Å². The van der Waals surface area contributed by atoms with E-state index in [0.29, 0.717) is 12.6 Å². The summed E-state index contributed by atoms with van der Waals surface area (Å²) >= 11 is 0. The van der Waals surface area contributed by atoms with Gasteiger partial charge in [0.2, 0.25) is 0 Å². The van der Waals surface area contributed by atoms with Gasteiger partial charge in [0.15, 0.2) is 0 Å². The average molecular weight is 202 g/mol. The first-order valence-electron chi connectivity index (χ1n) is 4.89. The molecule has 2 atom stereocenters. The Bertz CT molecular complexity index is 198. The van der Waals surface area contributed by atoms with Crippen molar-refractivity contribution in [1.29, 1.82) is 0 Å². The summed E-state index contributed by atoms with van der Waals surface area (Å²) in [5, 5.41) is 20.9. The van der Waals surface area contributed by atoms with Crippen LogP contribution in [0.3, 0.4) is 0 Å². The number of nitrogens with one attached hydrogen (secondary N) is 1. The van der Waals surface area contributed by atoms with Gasteiger partial charge in [-0.15, -0.1) is 0 Å². The summed E-state index contributed by atoms with van der Waals surface area (Å²) in [6.07, 6.45) is 0.102. The molecule has 1 fully saturated rings. The zero-order chi connectivity index (χ0) is 10.6. The fraction of sp³-hybridized carbons (Fsp3) is 0.889. The van der Waals surface area contributed by atoms with Crippen molar-refractivity contribution in [2.45, 2.75) is 25.0 Å². The summed E-state index contributed by atoms with van der Waals surface area (Å²) < 4.78 is 0. The number of carboxylic acid groups (broad SMARTS) is 1. The minimum Gasteiger partial charge on any atom is -0.481 e. The third kappa shape index (κ3) is 4.04. The summed E-state index contributed by atoms with van der Waals surface area (Å²) in [6, 6.07) is 0.392. The van der Waals surface area contributed by atoms with Crippen molar-refractivity contribution in [2.75, 3.05) is 26.7 Å². The van der Waals surface area contributed by atoms with Gasteiger partial charge in [-0.3, -0.25) is 4.79 Å². The van der Waals surface area contributed by atoms with Gasteiger partial charge in [-0.05, 0) is 20.0 Å². The van der Waals surface area contributed by atoms with Gasteiger partial charge in [0.25, 0.3) is 0 Å². The highest BCUT2D eigenvalue weighted by molar-refractivity contribution is 5.67. The number of likely N-dealkylation sites (N-methyl/N-ethyl adjacent to an activating group) is 1. The predicted octanol–water partition coefficient (Wildman–Crippen LogP) is -0.884. The van der Waals surface area contributed by atoms with Gasteiger partial charge in [0.05, 0.1) is 12.5 Å². The lowest BCUT2D eigenvalue weighted by Crippen LogP contribution is -2.37. The summed E-state index contributed by atoms with van der Waals surface area (Å²) in [6.45, 7) is 2.40. The van der Waals surface area contributed by atoms with E-state index in [9.17, 15) is 9.90 Å². The third-order valence-corrected chi connectivity index (χ3v) is 2.44. The maximum absolute atomic E-state index is 10.3. The number of aliphatic carboxylic acids is 1. The number of aliphatic hydroxyl groups is 1. The molecule has 1 heterocycles. The van der Waals surface area contributed by atoms with E-state index in [0.717, 1.165) is 19.5 Å². The molecule has 2 unspecified atom stereocenters. The average Bonchev–Trinajstić information content (AvgIpc) is 2.47. The number of nitrogens with zero attached hydrogens (tertiary/aromatic N) is 1. The summed E-state index contributed by atoms with van der Waals surface area (Å²) in [5.74, 6) is -0.956. The van der Waals surface area contributed by atoms with E-state index in [1.165, 1.54) is 0 Å². The first-order chi connectivity index (χ1) is 6.58. The molecule has 0 spiro atoms. The van der Waals surface area contributed by atoms with E-state index >= 15 is 0 Å². The number of likely N-dealkylation sites (tertiary alicyclic amines) is 1. The van der Waals surface area contributed by atoms with E-state index < -0.39 is 12.1 Å². The molecule has 5 nitrogen and oxygen atoms in total. The Morgan fingerprint density at radius 2 is 2.43 bits per heavy atom. The summed E-state index contributed by atoms with van der Waals surface area (Å²) in [4.78, 5) is 12.5. The number of aliphatic hydroxyl groups excluding tert-OH is 1. The molecular formula is C9H18N2O3. The van der Waals surface area contributed by atoms with Gasteiger partial charge in [-0.1, -0.05) is 0 Å². The Hall–Kier alpha value is -0.650. The number of rotatable bonds is 5. The molecule has 82 valence electrons. The predicted molar refractivity (Wildman–Crippen MR) is 52.2 cm³/mol. The monoisotopic (exact) mass is 202 g/mol. The standard InChI is InChI=1S/C9H18N2O3/c1-11-3-2-7(6-11)10-5-8(12)4-9(13)14/h7-8,10,12H,2-6H2,1H3,(H,13,14). The highest BCUT2D eigenvalue weighted by Gasteiger charge is 2.19. The van der Waals surface area contributed by atoms with Crippen molar-refractivity contribution in [3.05, 3.63) is 0 Å². The molecule has 1 rings (SSSR count). The topological polar surface area (TPSA) is 72.8 Å². The number of carbonyl (C=O) groups is 1. The SMILES string of the molecule is CN1CCC(NCC(O)CC(=O)O)C1. The van der Waals surface area contributed by atoms with Crippen LogP contribution >= 0.6 is 0 Å². The molecule has 0 saturated carbocycles. The second-order valence-electron chi connectivity index (χ2n) is 3.91. The lowest BCUT2D eigenvalue weighted by molar-refractivity contribution is -0.139. The van der Waals surface area contributed by atoms with Crippen molar-refractivity contribution in [3.8, 4) is 0 Å². The normalized spacial score (nSPS) is 25.1. The Balaban J connectivity index is 2.11. The largest absolute Gasteiger partial charge is 0.481 e. The van der Waals surface area contributed by atoms with Gasteiger partial charge in [0, 0.05) is 19.1 Å². The number of hydrogen-bond donors (Lipinski definition) is 3. The molecule has 1 saturated heterocycles. The van der Waals surface area contributed by atoms with E-state index in [-0.39, 0.29) is 6.42 Å². The molecular weight excluding hydrogens is 184 g/mol. The van der Waals surface area contributed by atoms with Crippen LogP contribution in [0.15, 0.2) is 0 Å². The maximum Gasteiger partial charge on any atom is 0.306 e. The van der Waals surface area contributed by atoms with E-state index in [2.05, 4.69) is 17.3 Å². The van der Waals surface area contributed by atoms with Crippen LogP contribution in [0.1, 0.15) is 12.8 Å². The van der Waals surface area contributed by atoms with Gasteiger partial charge in [-0.2, -0.15) is 0 Å². The minimum absolute atomic E-state index is 0.185. The Morgan fingerprint density at radius 3 is 2.93 bits per heavy atom. The molecule has 0 aromatic carbocycles. The van der Waals surface area contributed by atoms with E-state index in [4.69, 9.17) is 5.11 Å². The van der Waals surface area contributed by atoms with Crippen LogP contribution in [0, 0.1) is 0 Å². The van der Waals surface area contributed by atoms with Crippen molar-refractivity contribution in [1.82, 2.24) is 10.2 Å². The molecule has 5 heteroatoms. The van der Waals surface area contributed by atoms with Crippen molar-refractivity contribution >= 4 is 5.97 Å². The van der Waals surface area contributed by atoms with Crippen LogP contribution in [0.4, 0.5) is 0 Å². The van der Waals surface area contributed by atoms with Crippen LogP contribution in [0.2, 0.25) is 0 Å². The smallest absolute Gasteiger partial charge is 0.306 e. The van der Waals surface area contributed by atoms with Gasteiger partial charge in [-0.25, -0.2) is 0 Å². The van der Waals surface area contributed by atoms with Crippen molar-refractivity contribution in [3.63, 3.8) is 0 Å². The Labute approximate surface area is 83.7 Å². The van der Waals surface area contributed by atoms with Gasteiger partial charge >= 0.3 is 5.97 Å². The molecule has 1 aliphatic heterocycles. The number of hydrogen-bond acceptors (Lipinski definition) is 4. The molecule has 1 aliphatic rings. The lowest BCUT2D eigenvalue weighted by Gasteiger charge is -2.15. The molecule has 0 aliphatic carbocycles. The second kappa shape index (κ2) is 5.29. The van der Waals surface area contributed by atoms with Gasteiger partial charge < -0.3 is 20.4 Å². The molecule has 3 N–H and O–H groups in total. The zero-order valence-corrected chi connectivity index (χ0v) is 8.44. The minimum atomic E-state index is -0.956. The summed E-state index contributed by atoms with van der Waals surface area (Å²) in [5.41, 5.74) is 0. The van der Waals surface area contributed by atoms with Crippen molar-refractivity contribution < 1.29 is 15.0 Å². The van der Waals surface area contributed by atoms with Crippen LogP contribution in [-0.4, -0.2) is 59.9 Å². The number of carboxylic acids is 1. The van der Waals surface area contributed by atoms with E-state index in [1.54, 1.807) is 0 Å². The first kappa shape index (κ1) is 11.4. The maximum atomic E-state index is 10.3. The quantitative estimate of drug-likeness (QED) is 0.540. The molecule has 0 radical (unpaired) electrons. The zero-order valence-electron chi connectivity index (χ0n) is 8.44. The van der Waals surface area contributed by atoms with E-state index in [1.807, 2.05) is 0 Å². The molecule has 0 bridgehead atoms. The van der Waals surface area contributed by atoms with Crippen LogP contribution in [0.5, 0.6) is 0 Å². The Kier molecular flexibility index (Phi) is 4.31. The molecule has 14 heavy (non-hydrogen) atoms. The van der Waals surface area contributed by atoms with Crippen LogP contribution in [0.25, 0.3) is 0 Å². The molecule has 0 amide bonds. The lowest BCUT2D eigenvalue weighted by atomic mass is 10.2. The molecule has 0 aromatic heterocycles. The highest BCUT2D eigenvalue weighted by atomic mass is 16.4. The highest BCUT2D eigenvalue weighted by Crippen LogP contribution is 2.05. The first-order valence-corrected chi connectivity index (χ1v) is 4.89. The van der Waals surface area contributed by atoms with Crippen molar-refractivity contribution in [2.24, 2.45) is 0 Å². The fourth-order valence-electron chi connectivity index (χ4n) is 1.68.